The monoisotopic (exact) mass is 281 g/mol. The topological polar surface area (TPSA) is 46.2 Å². The van der Waals surface area contributed by atoms with Crippen LogP contribution in [-0.2, 0) is 9.84 Å². The Bertz CT molecular complexity index is 532. The molecule has 0 amide bonds. The fourth-order valence-corrected chi connectivity index (χ4v) is 3.39. The predicted molar refractivity (Wildman–Crippen MR) is 79.2 cm³/mol. The molecule has 0 radical (unpaired) electrons. The van der Waals surface area contributed by atoms with E-state index in [1.807, 2.05) is 12.1 Å². The van der Waals surface area contributed by atoms with Gasteiger partial charge in [-0.2, -0.15) is 0 Å². The second-order valence-electron chi connectivity index (χ2n) is 6.23. The van der Waals surface area contributed by atoms with Crippen LogP contribution in [0.2, 0.25) is 0 Å². The average molecular weight is 281 g/mol. The summed E-state index contributed by atoms with van der Waals surface area (Å²) in [6, 6.07) is 7.54. The van der Waals surface area contributed by atoms with Gasteiger partial charge in [-0.1, -0.05) is 26.7 Å². The van der Waals surface area contributed by atoms with E-state index in [2.05, 4.69) is 19.2 Å². The van der Waals surface area contributed by atoms with E-state index in [1.54, 1.807) is 12.1 Å². The van der Waals surface area contributed by atoms with Crippen molar-refractivity contribution in [3.63, 3.8) is 0 Å². The third kappa shape index (κ3) is 3.50. The molecule has 3 nitrogen and oxygen atoms in total. The minimum absolute atomic E-state index is 0.299. The SMILES string of the molecule is CC1(C)CCCCC1Nc1ccc(S(C)(=O)=O)cc1. The molecule has 1 aliphatic rings. The van der Waals surface area contributed by atoms with Crippen LogP contribution in [0, 0.1) is 5.41 Å². The van der Waals surface area contributed by atoms with Crippen molar-refractivity contribution in [2.24, 2.45) is 5.41 Å². The first kappa shape index (κ1) is 14.4. The lowest BCUT2D eigenvalue weighted by Gasteiger charge is -2.39. The van der Waals surface area contributed by atoms with Gasteiger partial charge in [0, 0.05) is 18.0 Å². The average Bonchev–Trinajstić information content (AvgIpc) is 2.31. The number of benzene rings is 1. The molecule has 4 heteroatoms. The number of anilines is 1. The molecule has 1 saturated carbocycles. The fraction of sp³-hybridized carbons (Fsp3) is 0.600. The Hall–Kier alpha value is -1.03. The quantitative estimate of drug-likeness (QED) is 0.922. The summed E-state index contributed by atoms with van der Waals surface area (Å²) < 4.78 is 22.8. The first-order valence-corrected chi connectivity index (χ1v) is 8.75. The van der Waals surface area contributed by atoms with Gasteiger partial charge in [0.2, 0.25) is 0 Å². The standard InChI is InChI=1S/C15H23NO2S/c1-15(2)11-5-4-6-14(15)16-12-7-9-13(10-8-12)19(3,17)18/h7-10,14,16H,4-6,11H2,1-3H3. The van der Waals surface area contributed by atoms with E-state index in [-0.39, 0.29) is 0 Å². The Morgan fingerprint density at radius 1 is 1.16 bits per heavy atom. The van der Waals surface area contributed by atoms with Crippen LogP contribution in [-0.4, -0.2) is 20.7 Å². The Balaban J connectivity index is 2.11. The zero-order valence-electron chi connectivity index (χ0n) is 11.9. The van der Waals surface area contributed by atoms with Crippen LogP contribution in [0.5, 0.6) is 0 Å². The van der Waals surface area contributed by atoms with E-state index in [1.165, 1.54) is 31.9 Å². The van der Waals surface area contributed by atoms with Gasteiger partial charge >= 0.3 is 0 Å². The van der Waals surface area contributed by atoms with Gasteiger partial charge in [0.15, 0.2) is 9.84 Å². The first-order valence-electron chi connectivity index (χ1n) is 6.86. The highest BCUT2D eigenvalue weighted by atomic mass is 32.2. The largest absolute Gasteiger partial charge is 0.382 e. The van der Waals surface area contributed by atoms with E-state index in [4.69, 9.17) is 0 Å². The van der Waals surface area contributed by atoms with Crippen LogP contribution in [0.4, 0.5) is 5.69 Å². The van der Waals surface area contributed by atoms with E-state index >= 15 is 0 Å². The molecular weight excluding hydrogens is 258 g/mol. The molecule has 19 heavy (non-hydrogen) atoms. The Kier molecular flexibility index (Phi) is 3.90. The van der Waals surface area contributed by atoms with Crippen molar-refractivity contribution < 1.29 is 8.42 Å². The van der Waals surface area contributed by atoms with Crippen molar-refractivity contribution >= 4 is 15.5 Å². The normalized spacial score (nSPS) is 23.0. The van der Waals surface area contributed by atoms with Crippen LogP contribution in [0.15, 0.2) is 29.2 Å². The molecule has 0 saturated heterocycles. The molecule has 0 aliphatic heterocycles. The fourth-order valence-electron chi connectivity index (χ4n) is 2.76. The minimum atomic E-state index is -3.10. The summed E-state index contributed by atoms with van der Waals surface area (Å²) in [6.07, 6.45) is 6.23. The molecule has 0 bridgehead atoms. The molecular formula is C15H23NO2S. The third-order valence-electron chi connectivity index (χ3n) is 4.13. The summed E-state index contributed by atoms with van der Waals surface area (Å²) in [5, 5.41) is 3.55. The van der Waals surface area contributed by atoms with E-state index in [0.29, 0.717) is 16.4 Å². The molecule has 2 rings (SSSR count). The summed E-state index contributed by atoms with van der Waals surface area (Å²) in [5.41, 5.74) is 1.31. The molecule has 1 aromatic carbocycles. The molecule has 1 unspecified atom stereocenters. The lowest BCUT2D eigenvalue weighted by molar-refractivity contribution is 0.217. The molecule has 0 spiro atoms. The van der Waals surface area contributed by atoms with Gasteiger partial charge in [-0.25, -0.2) is 8.42 Å². The van der Waals surface area contributed by atoms with E-state index < -0.39 is 9.84 Å². The van der Waals surface area contributed by atoms with Crippen LogP contribution in [0.3, 0.4) is 0 Å². The highest BCUT2D eigenvalue weighted by Crippen LogP contribution is 2.37. The van der Waals surface area contributed by atoms with Gasteiger partial charge < -0.3 is 5.32 Å². The number of rotatable bonds is 3. The number of hydrogen-bond donors (Lipinski definition) is 1. The maximum atomic E-state index is 11.4. The van der Waals surface area contributed by atoms with Crippen molar-refractivity contribution in [2.45, 2.75) is 50.5 Å². The van der Waals surface area contributed by atoms with Gasteiger partial charge in [0.05, 0.1) is 4.90 Å². The Morgan fingerprint density at radius 2 is 1.79 bits per heavy atom. The second kappa shape index (κ2) is 5.16. The summed E-state index contributed by atoms with van der Waals surface area (Å²) in [5.74, 6) is 0. The van der Waals surface area contributed by atoms with E-state index in [0.717, 1.165) is 5.69 Å². The summed E-state index contributed by atoms with van der Waals surface area (Å²) >= 11 is 0. The van der Waals surface area contributed by atoms with Crippen LogP contribution < -0.4 is 5.32 Å². The van der Waals surface area contributed by atoms with Crippen molar-refractivity contribution in [3.8, 4) is 0 Å². The zero-order chi connectivity index (χ0) is 14.1. The highest BCUT2D eigenvalue weighted by Gasteiger charge is 2.31. The summed E-state index contributed by atoms with van der Waals surface area (Å²) in [7, 11) is -3.10. The van der Waals surface area contributed by atoms with Crippen LogP contribution >= 0.6 is 0 Å². The molecule has 1 fully saturated rings. The predicted octanol–water partition coefficient (Wildman–Crippen LogP) is 3.47. The van der Waals surface area contributed by atoms with Gasteiger partial charge in [-0.15, -0.1) is 0 Å². The van der Waals surface area contributed by atoms with Gasteiger partial charge in [0.25, 0.3) is 0 Å². The number of hydrogen-bond acceptors (Lipinski definition) is 3. The maximum Gasteiger partial charge on any atom is 0.175 e. The van der Waals surface area contributed by atoms with Crippen LogP contribution in [0.1, 0.15) is 39.5 Å². The van der Waals surface area contributed by atoms with E-state index in [9.17, 15) is 8.42 Å². The van der Waals surface area contributed by atoms with Crippen molar-refractivity contribution in [1.29, 1.82) is 0 Å². The number of nitrogens with one attached hydrogen (secondary N) is 1. The zero-order valence-corrected chi connectivity index (χ0v) is 12.8. The molecule has 0 heterocycles. The third-order valence-corrected chi connectivity index (χ3v) is 5.26. The maximum absolute atomic E-state index is 11.4. The summed E-state index contributed by atoms with van der Waals surface area (Å²) in [6.45, 7) is 4.60. The second-order valence-corrected chi connectivity index (χ2v) is 8.24. The molecule has 106 valence electrons. The Labute approximate surface area is 116 Å². The molecule has 1 aromatic rings. The molecule has 1 aliphatic carbocycles. The van der Waals surface area contributed by atoms with Crippen molar-refractivity contribution in [1.82, 2.24) is 0 Å². The smallest absolute Gasteiger partial charge is 0.175 e. The number of sulfone groups is 1. The minimum Gasteiger partial charge on any atom is -0.382 e. The lowest BCUT2D eigenvalue weighted by atomic mass is 9.73. The lowest BCUT2D eigenvalue weighted by Crippen LogP contribution is -2.38. The van der Waals surface area contributed by atoms with Crippen molar-refractivity contribution in [3.05, 3.63) is 24.3 Å². The van der Waals surface area contributed by atoms with Gasteiger partial charge in [0.1, 0.15) is 0 Å². The van der Waals surface area contributed by atoms with Gasteiger partial charge in [-0.05, 0) is 42.5 Å². The Morgan fingerprint density at radius 3 is 2.32 bits per heavy atom. The van der Waals surface area contributed by atoms with Gasteiger partial charge in [-0.3, -0.25) is 0 Å². The first-order chi connectivity index (χ1) is 8.79. The molecule has 1 N–H and O–H groups in total. The van der Waals surface area contributed by atoms with Crippen molar-refractivity contribution in [2.75, 3.05) is 11.6 Å². The van der Waals surface area contributed by atoms with Crippen LogP contribution in [0.25, 0.3) is 0 Å². The molecule has 1 atom stereocenters. The summed E-state index contributed by atoms with van der Waals surface area (Å²) in [4.78, 5) is 0.376. The highest BCUT2D eigenvalue weighted by molar-refractivity contribution is 7.90. The molecule has 0 aromatic heterocycles.